The number of halogens is 3. The summed E-state index contributed by atoms with van der Waals surface area (Å²) in [4.78, 5) is 26.7. The molecule has 0 aliphatic carbocycles. The summed E-state index contributed by atoms with van der Waals surface area (Å²) in [7, 11) is 2.19. The average Bonchev–Trinajstić information content (AvgIpc) is 2.78. The van der Waals surface area contributed by atoms with Crippen molar-refractivity contribution < 1.29 is 23.5 Å². The molecular formula is C22H16Cl2FN3O4. The molecule has 164 valence electrons. The van der Waals surface area contributed by atoms with Crippen LogP contribution in [-0.4, -0.2) is 26.2 Å². The van der Waals surface area contributed by atoms with Crippen LogP contribution in [0.25, 0.3) is 0 Å². The molecule has 1 aliphatic heterocycles. The molecule has 0 radical (unpaired) electrons. The largest absolute Gasteiger partial charge is 0.466 e. The summed E-state index contributed by atoms with van der Waals surface area (Å²) in [5.74, 6) is -4.27. The molecule has 1 unspecified atom stereocenters. The summed E-state index contributed by atoms with van der Waals surface area (Å²) in [6.45, 7) is 0. The highest BCUT2D eigenvalue weighted by Gasteiger charge is 2.44. The van der Waals surface area contributed by atoms with E-state index in [0.717, 1.165) is 25.2 Å². The summed E-state index contributed by atoms with van der Waals surface area (Å²) in [5.41, 5.74) is 5.57. The average molecular weight is 476 g/mol. The van der Waals surface area contributed by atoms with Crippen molar-refractivity contribution in [1.82, 2.24) is 0 Å². The number of benzene rings is 2. The first-order valence-corrected chi connectivity index (χ1v) is 9.82. The van der Waals surface area contributed by atoms with E-state index < -0.39 is 29.4 Å². The molecule has 1 atom stereocenters. The lowest BCUT2D eigenvalue weighted by molar-refractivity contribution is -0.139. The number of methoxy groups -OCH3 is 2. The van der Waals surface area contributed by atoms with Gasteiger partial charge in [0.1, 0.15) is 23.0 Å². The van der Waals surface area contributed by atoms with E-state index >= 15 is 4.39 Å². The van der Waals surface area contributed by atoms with Gasteiger partial charge in [-0.3, -0.25) is 4.90 Å². The Kier molecular flexibility index (Phi) is 6.72. The van der Waals surface area contributed by atoms with E-state index in [2.05, 4.69) is 0 Å². The Labute approximate surface area is 193 Å². The summed E-state index contributed by atoms with van der Waals surface area (Å²) < 4.78 is 24.8. The number of anilines is 1. The predicted octanol–water partition coefficient (Wildman–Crippen LogP) is 4.03. The van der Waals surface area contributed by atoms with E-state index in [1.54, 1.807) is 30.3 Å². The molecule has 32 heavy (non-hydrogen) atoms. The Morgan fingerprint density at radius 2 is 1.75 bits per heavy atom. The Morgan fingerprint density at radius 1 is 1.12 bits per heavy atom. The van der Waals surface area contributed by atoms with Crippen molar-refractivity contribution in [3.05, 3.63) is 86.6 Å². The van der Waals surface area contributed by atoms with E-state index in [1.165, 1.54) is 6.07 Å². The van der Waals surface area contributed by atoms with Crippen LogP contribution >= 0.6 is 23.2 Å². The van der Waals surface area contributed by atoms with Gasteiger partial charge < -0.3 is 15.2 Å². The van der Waals surface area contributed by atoms with Gasteiger partial charge >= 0.3 is 11.9 Å². The molecular weight excluding hydrogens is 460 g/mol. The molecule has 0 saturated heterocycles. The van der Waals surface area contributed by atoms with Gasteiger partial charge in [-0.15, -0.1) is 0 Å². The molecule has 7 nitrogen and oxygen atoms in total. The van der Waals surface area contributed by atoms with E-state index in [1.807, 2.05) is 6.07 Å². The maximum atomic E-state index is 15.0. The number of esters is 2. The monoisotopic (exact) mass is 475 g/mol. The Hall–Kier alpha value is -3.54. The zero-order valence-electron chi connectivity index (χ0n) is 16.9. The number of allylic oxidation sites excluding steroid dienone is 1. The lowest BCUT2D eigenvalue weighted by Gasteiger charge is -2.36. The molecule has 10 heteroatoms. The highest BCUT2D eigenvalue weighted by molar-refractivity contribution is 6.36. The lowest BCUT2D eigenvalue weighted by Crippen LogP contribution is -2.41. The maximum Gasteiger partial charge on any atom is 0.355 e. The Balaban J connectivity index is 2.48. The van der Waals surface area contributed by atoms with Gasteiger partial charge in [0.15, 0.2) is 0 Å². The fraction of sp³-hybridized carbons (Fsp3) is 0.136. The zero-order valence-corrected chi connectivity index (χ0v) is 18.4. The SMILES string of the molecule is COC(=O)C1=C(C(=O)OC)N(c2c(F)cc(Cl)cc2Cl)C(N)=C(C#N)C1c1ccccc1. The Bertz CT molecular complexity index is 1180. The number of ether oxygens (including phenoxy) is 2. The number of carbonyl (C=O) groups is 2. The van der Waals surface area contributed by atoms with E-state index in [9.17, 15) is 14.9 Å². The van der Waals surface area contributed by atoms with Crippen LogP contribution in [0.4, 0.5) is 10.1 Å². The van der Waals surface area contributed by atoms with E-state index in [4.69, 9.17) is 38.4 Å². The van der Waals surface area contributed by atoms with Gasteiger partial charge in [0.25, 0.3) is 0 Å². The molecule has 0 spiro atoms. The number of hydrogen-bond acceptors (Lipinski definition) is 7. The summed E-state index contributed by atoms with van der Waals surface area (Å²) >= 11 is 12.1. The van der Waals surface area contributed by atoms with Gasteiger partial charge in [-0.05, 0) is 17.7 Å². The van der Waals surface area contributed by atoms with Crippen LogP contribution < -0.4 is 10.6 Å². The standard InChI is InChI=1S/C22H16Cl2FN3O4/c1-31-21(29)17-16(11-6-4-3-5-7-11)13(10-26)20(27)28(19(17)22(30)32-2)18-14(24)8-12(23)9-15(18)25/h3-9,16H,27H2,1-2H3. The quantitative estimate of drug-likeness (QED) is 0.665. The molecule has 3 rings (SSSR count). The van der Waals surface area contributed by atoms with Gasteiger partial charge in [-0.1, -0.05) is 53.5 Å². The third-order valence-corrected chi connectivity index (χ3v) is 5.32. The molecule has 0 amide bonds. The summed E-state index contributed by atoms with van der Waals surface area (Å²) in [5, 5.41) is 9.73. The number of nitriles is 1. The molecule has 2 aromatic rings. The molecule has 2 N–H and O–H groups in total. The minimum atomic E-state index is -1.08. The molecule has 0 aromatic heterocycles. The fourth-order valence-corrected chi connectivity index (χ4v) is 4.05. The van der Waals surface area contributed by atoms with Crippen LogP contribution in [0.5, 0.6) is 0 Å². The first-order chi connectivity index (χ1) is 15.3. The van der Waals surface area contributed by atoms with Crippen LogP contribution in [0.1, 0.15) is 11.5 Å². The predicted molar refractivity (Wildman–Crippen MR) is 116 cm³/mol. The number of rotatable bonds is 4. The van der Waals surface area contributed by atoms with Crippen LogP contribution in [0.3, 0.4) is 0 Å². The summed E-state index contributed by atoms with van der Waals surface area (Å²) in [6, 6.07) is 12.6. The number of hydrogen-bond donors (Lipinski definition) is 1. The van der Waals surface area contributed by atoms with Crippen LogP contribution in [0.2, 0.25) is 10.0 Å². The molecule has 1 aliphatic rings. The van der Waals surface area contributed by atoms with Crippen LogP contribution in [-0.2, 0) is 19.1 Å². The van der Waals surface area contributed by atoms with Gasteiger partial charge in [0.2, 0.25) is 0 Å². The second-order valence-corrected chi connectivity index (χ2v) is 7.40. The molecule has 0 fully saturated rings. The lowest BCUT2D eigenvalue weighted by atomic mass is 9.81. The van der Waals surface area contributed by atoms with E-state index in [-0.39, 0.29) is 32.7 Å². The first kappa shape index (κ1) is 23.1. The highest BCUT2D eigenvalue weighted by atomic mass is 35.5. The topological polar surface area (TPSA) is 106 Å². The zero-order chi connectivity index (χ0) is 23.6. The third kappa shape index (κ3) is 3.88. The highest BCUT2D eigenvalue weighted by Crippen LogP contribution is 2.45. The van der Waals surface area contributed by atoms with Gasteiger partial charge in [-0.25, -0.2) is 14.0 Å². The van der Waals surface area contributed by atoms with Crippen molar-refractivity contribution in [2.75, 3.05) is 19.1 Å². The first-order valence-electron chi connectivity index (χ1n) is 9.06. The second-order valence-electron chi connectivity index (χ2n) is 6.55. The number of nitrogens with zero attached hydrogens (tertiary/aromatic N) is 2. The van der Waals surface area contributed by atoms with Crippen molar-refractivity contribution >= 4 is 40.8 Å². The van der Waals surface area contributed by atoms with Crippen molar-refractivity contribution in [3.63, 3.8) is 0 Å². The van der Waals surface area contributed by atoms with Gasteiger partial charge in [0.05, 0.1) is 42.4 Å². The van der Waals surface area contributed by atoms with Crippen molar-refractivity contribution in [2.45, 2.75) is 5.92 Å². The number of nitrogens with two attached hydrogens (primary N) is 1. The van der Waals surface area contributed by atoms with Crippen molar-refractivity contribution in [3.8, 4) is 6.07 Å². The van der Waals surface area contributed by atoms with Gasteiger partial charge in [0, 0.05) is 5.02 Å². The van der Waals surface area contributed by atoms with Crippen LogP contribution in [0.15, 0.2) is 65.1 Å². The minimum absolute atomic E-state index is 0.00438. The normalized spacial score (nSPS) is 16.0. The van der Waals surface area contributed by atoms with Gasteiger partial charge in [-0.2, -0.15) is 5.26 Å². The van der Waals surface area contributed by atoms with Crippen molar-refractivity contribution in [1.29, 1.82) is 5.26 Å². The molecule has 0 bridgehead atoms. The molecule has 2 aromatic carbocycles. The van der Waals surface area contributed by atoms with E-state index in [0.29, 0.717) is 5.56 Å². The van der Waals surface area contributed by atoms with Crippen molar-refractivity contribution in [2.24, 2.45) is 5.73 Å². The fourth-order valence-electron chi connectivity index (χ4n) is 3.49. The molecule has 0 saturated carbocycles. The number of carbonyl (C=O) groups excluding carboxylic acids is 2. The summed E-state index contributed by atoms with van der Waals surface area (Å²) in [6.07, 6.45) is 0. The molecule has 1 heterocycles. The third-order valence-electron chi connectivity index (χ3n) is 4.82. The smallest absolute Gasteiger partial charge is 0.355 e. The maximum absolute atomic E-state index is 15.0. The minimum Gasteiger partial charge on any atom is -0.466 e. The second kappa shape index (κ2) is 9.30. The van der Waals surface area contributed by atoms with Crippen LogP contribution in [0, 0.1) is 17.1 Å². The Morgan fingerprint density at radius 3 is 2.28 bits per heavy atom.